The van der Waals surface area contributed by atoms with E-state index >= 15 is 0 Å². The van der Waals surface area contributed by atoms with E-state index in [9.17, 15) is 19.5 Å². The standard InChI is InChI=1S/C19H17BrClN3O5/c1-9(25)22-12-5-3-10(4-6-12)18(27)23-24-16(15(21)19(24)28)11-7-13(20)17(26)14(8-11)29-2/h3-8,15-16,26H,1-2H3,(H,22,25)(H,23,27)/t15-,16+/m1/s1. The van der Waals surface area contributed by atoms with Gasteiger partial charge in [-0.3, -0.25) is 19.8 Å². The van der Waals surface area contributed by atoms with Crippen LogP contribution in [0, 0.1) is 0 Å². The molecule has 10 heteroatoms. The fourth-order valence-corrected chi connectivity index (χ4v) is 3.72. The van der Waals surface area contributed by atoms with Gasteiger partial charge in [0, 0.05) is 18.2 Å². The number of nitrogens with one attached hydrogen (secondary N) is 2. The maximum absolute atomic E-state index is 12.5. The molecular weight excluding hydrogens is 466 g/mol. The van der Waals surface area contributed by atoms with Crippen LogP contribution >= 0.6 is 27.5 Å². The van der Waals surface area contributed by atoms with E-state index in [4.69, 9.17) is 16.3 Å². The number of hydrogen-bond donors (Lipinski definition) is 3. The molecule has 0 bridgehead atoms. The number of phenols is 1. The third kappa shape index (κ3) is 4.15. The number of carbonyl (C=O) groups is 3. The topological polar surface area (TPSA) is 108 Å². The zero-order valence-electron chi connectivity index (χ0n) is 15.4. The fourth-order valence-electron chi connectivity index (χ4n) is 2.90. The molecule has 0 radical (unpaired) electrons. The summed E-state index contributed by atoms with van der Waals surface area (Å²) in [6.07, 6.45) is 0. The lowest BCUT2D eigenvalue weighted by Crippen LogP contribution is -2.63. The molecule has 1 aliphatic rings. The van der Waals surface area contributed by atoms with Crippen molar-refractivity contribution >= 4 is 50.9 Å². The Kier molecular flexibility index (Phi) is 5.99. The van der Waals surface area contributed by atoms with Gasteiger partial charge in [-0.2, -0.15) is 0 Å². The third-order valence-electron chi connectivity index (χ3n) is 4.33. The number of carbonyl (C=O) groups excluding carboxylic acids is 3. The molecule has 0 aliphatic carbocycles. The quantitative estimate of drug-likeness (QED) is 0.449. The number of phenolic OH excluding ortho intramolecular Hbond substituents is 1. The molecule has 2 atom stereocenters. The molecule has 1 heterocycles. The number of rotatable bonds is 5. The van der Waals surface area contributed by atoms with Crippen LogP contribution < -0.4 is 15.5 Å². The van der Waals surface area contributed by atoms with Gasteiger partial charge < -0.3 is 15.2 Å². The zero-order chi connectivity index (χ0) is 21.3. The number of halogens is 2. The molecule has 1 fully saturated rings. The van der Waals surface area contributed by atoms with Crippen LogP contribution in [0.5, 0.6) is 11.5 Å². The summed E-state index contributed by atoms with van der Waals surface area (Å²) in [6, 6.07) is 8.73. The average Bonchev–Trinajstić information content (AvgIpc) is 2.69. The molecule has 0 saturated carbocycles. The van der Waals surface area contributed by atoms with E-state index in [0.717, 1.165) is 5.01 Å². The number of ether oxygens (including phenoxy) is 1. The molecule has 1 saturated heterocycles. The van der Waals surface area contributed by atoms with Gasteiger partial charge in [0.15, 0.2) is 11.5 Å². The van der Waals surface area contributed by atoms with Crippen molar-refractivity contribution in [1.82, 2.24) is 10.4 Å². The molecule has 2 aromatic carbocycles. The van der Waals surface area contributed by atoms with Gasteiger partial charge in [-0.1, -0.05) is 0 Å². The number of anilines is 1. The molecule has 2 aromatic rings. The monoisotopic (exact) mass is 481 g/mol. The summed E-state index contributed by atoms with van der Waals surface area (Å²) in [5, 5.41) is 12.8. The van der Waals surface area contributed by atoms with E-state index < -0.39 is 23.2 Å². The van der Waals surface area contributed by atoms with E-state index in [1.165, 1.54) is 26.2 Å². The minimum Gasteiger partial charge on any atom is -0.503 e. The molecule has 1 aliphatic heterocycles. The highest BCUT2D eigenvalue weighted by atomic mass is 79.9. The largest absolute Gasteiger partial charge is 0.503 e. The summed E-state index contributed by atoms with van der Waals surface area (Å²) in [6.45, 7) is 1.38. The van der Waals surface area contributed by atoms with Crippen LogP contribution in [0.3, 0.4) is 0 Å². The Morgan fingerprint density at radius 2 is 1.90 bits per heavy atom. The predicted molar refractivity (Wildman–Crippen MR) is 110 cm³/mol. The smallest absolute Gasteiger partial charge is 0.269 e. The molecular formula is C19H17BrClN3O5. The lowest BCUT2D eigenvalue weighted by Gasteiger charge is -2.44. The predicted octanol–water partition coefficient (Wildman–Crippen LogP) is 2.96. The summed E-state index contributed by atoms with van der Waals surface area (Å²) < 4.78 is 5.50. The summed E-state index contributed by atoms with van der Waals surface area (Å²) in [7, 11) is 1.40. The number of nitrogens with zero attached hydrogens (tertiary/aromatic N) is 1. The van der Waals surface area contributed by atoms with E-state index in [1.807, 2.05) is 0 Å². The van der Waals surface area contributed by atoms with Crippen LogP contribution in [-0.2, 0) is 9.59 Å². The Balaban J connectivity index is 1.79. The van der Waals surface area contributed by atoms with Gasteiger partial charge in [0.05, 0.1) is 11.6 Å². The van der Waals surface area contributed by atoms with E-state index in [1.54, 1.807) is 24.3 Å². The van der Waals surface area contributed by atoms with Crippen molar-refractivity contribution in [2.45, 2.75) is 18.3 Å². The van der Waals surface area contributed by atoms with Crippen molar-refractivity contribution in [2.75, 3.05) is 12.4 Å². The maximum atomic E-state index is 12.5. The van der Waals surface area contributed by atoms with Crippen LogP contribution in [0.25, 0.3) is 0 Å². The van der Waals surface area contributed by atoms with Crippen molar-refractivity contribution < 1.29 is 24.2 Å². The minimum atomic E-state index is -0.876. The van der Waals surface area contributed by atoms with Crippen LogP contribution in [0.1, 0.15) is 28.9 Å². The second kappa shape index (κ2) is 8.30. The molecule has 3 N–H and O–H groups in total. The number of amides is 3. The first-order chi connectivity index (χ1) is 13.7. The normalized spacial score (nSPS) is 18.1. The first-order valence-electron chi connectivity index (χ1n) is 8.45. The lowest BCUT2D eigenvalue weighted by atomic mass is 9.95. The van der Waals surface area contributed by atoms with Crippen molar-refractivity contribution in [3.8, 4) is 11.5 Å². The third-order valence-corrected chi connectivity index (χ3v) is 5.36. The molecule has 8 nitrogen and oxygen atoms in total. The Morgan fingerprint density at radius 3 is 2.48 bits per heavy atom. The van der Waals surface area contributed by atoms with Gasteiger partial charge in [0.2, 0.25) is 5.91 Å². The van der Waals surface area contributed by atoms with Gasteiger partial charge in [0.1, 0.15) is 11.4 Å². The minimum absolute atomic E-state index is 0.0807. The van der Waals surface area contributed by atoms with E-state index in [0.29, 0.717) is 21.3 Å². The zero-order valence-corrected chi connectivity index (χ0v) is 17.7. The Morgan fingerprint density at radius 1 is 1.24 bits per heavy atom. The van der Waals surface area contributed by atoms with Gasteiger partial charge in [-0.05, 0) is 57.9 Å². The first kappa shape index (κ1) is 20.9. The van der Waals surface area contributed by atoms with Gasteiger partial charge in [-0.25, -0.2) is 5.01 Å². The number of hydrogen-bond acceptors (Lipinski definition) is 5. The first-order valence-corrected chi connectivity index (χ1v) is 9.68. The van der Waals surface area contributed by atoms with Crippen molar-refractivity contribution in [1.29, 1.82) is 0 Å². The summed E-state index contributed by atoms with van der Waals surface area (Å²) in [4.78, 5) is 35.9. The number of methoxy groups -OCH3 is 1. The SMILES string of the molecule is COc1cc([C@H]2[C@@H](Cl)C(=O)N2NC(=O)c2ccc(NC(C)=O)cc2)cc(Br)c1O. The Hall–Kier alpha value is -2.78. The Labute approximate surface area is 179 Å². The van der Waals surface area contributed by atoms with Gasteiger partial charge in [0.25, 0.3) is 11.8 Å². The van der Waals surface area contributed by atoms with Gasteiger partial charge >= 0.3 is 0 Å². The molecule has 152 valence electrons. The summed E-state index contributed by atoms with van der Waals surface area (Å²) in [5.74, 6) is -1.06. The van der Waals surface area contributed by atoms with Crippen LogP contribution in [0.2, 0.25) is 0 Å². The molecule has 29 heavy (non-hydrogen) atoms. The second-order valence-electron chi connectivity index (χ2n) is 6.31. The van der Waals surface area contributed by atoms with E-state index in [2.05, 4.69) is 26.7 Å². The molecule has 0 unspecified atom stereocenters. The molecule has 0 aromatic heterocycles. The number of hydrazine groups is 1. The van der Waals surface area contributed by atoms with Crippen molar-refractivity contribution in [3.05, 3.63) is 52.0 Å². The highest BCUT2D eigenvalue weighted by molar-refractivity contribution is 9.10. The van der Waals surface area contributed by atoms with Crippen LogP contribution in [0.4, 0.5) is 5.69 Å². The Bertz CT molecular complexity index is 983. The lowest BCUT2D eigenvalue weighted by molar-refractivity contribution is -0.149. The molecule has 0 spiro atoms. The van der Waals surface area contributed by atoms with Crippen molar-refractivity contribution in [2.24, 2.45) is 0 Å². The van der Waals surface area contributed by atoms with Crippen molar-refractivity contribution in [3.63, 3.8) is 0 Å². The van der Waals surface area contributed by atoms with Crippen LogP contribution in [0.15, 0.2) is 40.9 Å². The number of alkyl halides is 1. The highest BCUT2D eigenvalue weighted by Gasteiger charge is 2.48. The second-order valence-corrected chi connectivity index (χ2v) is 7.63. The van der Waals surface area contributed by atoms with Crippen LogP contribution in [-0.4, -0.2) is 40.3 Å². The average molecular weight is 483 g/mol. The highest BCUT2D eigenvalue weighted by Crippen LogP contribution is 2.43. The molecule has 3 rings (SSSR count). The number of aromatic hydroxyl groups is 1. The van der Waals surface area contributed by atoms with Gasteiger partial charge in [-0.15, -0.1) is 11.6 Å². The summed E-state index contributed by atoms with van der Waals surface area (Å²) >= 11 is 9.41. The summed E-state index contributed by atoms with van der Waals surface area (Å²) in [5.41, 5.74) is 3.97. The number of benzene rings is 2. The maximum Gasteiger partial charge on any atom is 0.269 e. The molecule has 3 amide bonds. The number of β-lactam (4-membered cyclic amide) rings is 1. The fraction of sp³-hybridized carbons (Fsp3) is 0.211. The van der Waals surface area contributed by atoms with E-state index in [-0.39, 0.29) is 17.4 Å².